The van der Waals surface area contributed by atoms with Crippen LogP contribution in [0.25, 0.3) is 16.9 Å². The zero-order valence-corrected chi connectivity index (χ0v) is 20.2. The molecule has 1 unspecified atom stereocenters. The lowest BCUT2D eigenvalue weighted by Gasteiger charge is -2.32. The lowest BCUT2D eigenvalue weighted by Crippen LogP contribution is -2.46. The van der Waals surface area contributed by atoms with Gasteiger partial charge in [-0.3, -0.25) is 4.79 Å². The van der Waals surface area contributed by atoms with E-state index in [2.05, 4.69) is 10.3 Å². The molecular weight excluding hydrogens is 472 g/mol. The minimum atomic E-state index is -0.769. The molecule has 36 heavy (non-hydrogen) atoms. The molecule has 1 saturated heterocycles. The van der Waals surface area contributed by atoms with Crippen LogP contribution in [0.15, 0.2) is 30.5 Å². The van der Waals surface area contributed by atoms with E-state index in [9.17, 15) is 9.59 Å². The molecule has 1 aliphatic rings. The second-order valence-electron chi connectivity index (χ2n) is 8.76. The number of ether oxygens (including phenoxy) is 2. The van der Waals surface area contributed by atoms with Crippen molar-refractivity contribution in [1.82, 2.24) is 14.3 Å². The van der Waals surface area contributed by atoms with Gasteiger partial charge in [0, 0.05) is 37.8 Å². The Bertz CT molecular complexity index is 1260. The minimum Gasteiger partial charge on any atom is -0.453 e. The molecule has 0 radical (unpaired) electrons. The molecule has 192 valence electrons. The van der Waals surface area contributed by atoms with Crippen LogP contribution in [0.2, 0.25) is 0 Å². The van der Waals surface area contributed by atoms with Crippen LogP contribution in [0, 0.1) is 18.6 Å². The number of nitrogens with two attached hydrogens (primary N) is 1. The van der Waals surface area contributed by atoms with Crippen LogP contribution in [0.4, 0.5) is 19.3 Å². The number of benzene rings is 1. The van der Waals surface area contributed by atoms with Gasteiger partial charge in [0.1, 0.15) is 17.3 Å². The van der Waals surface area contributed by atoms with Crippen molar-refractivity contribution < 1.29 is 27.8 Å². The largest absolute Gasteiger partial charge is 0.453 e. The van der Waals surface area contributed by atoms with Gasteiger partial charge in [-0.15, -0.1) is 0 Å². The number of nitrogens with one attached hydrogen (secondary N) is 1. The van der Waals surface area contributed by atoms with Crippen molar-refractivity contribution in [2.45, 2.75) is 32.3 Å². The summed E-state index contributed by atoms with van der Waals surface area (Å²) in [6, 6.07) is 6.13. The number of pyridine rings is 1. The molecule has 0 aliphatic carbocycles. The maximum absolute atomic E-state index is 15.3. The third-order valence-electron chi connectivity index (χ3n) is 6.08. The van der Waals surface area contributed by atoms with Gasteiger partial charge >= 0.3 is 6.09 Å². The van der Waals surface area contributed by atoms with Crippen molar-refractivity contribution in [3.63, 3.8) is 0 Å². The van der Waals surface area contributed by atoms with Crippen molar-refractivity contribution in [3.05, 3.63) is 53.4 Å². The standard InChI is InChI=1S/C25H29F2N5O4/c1-15-5-7-32-20(13-17-14-31(8-9-36-17)25(34)35-2)24(30-22(32)10-15)23-18(26)11-16(12-19(23)27)29-6-3-4-21(28)33/h5,7,10-12,17,29H,3-4,6,8-9,13-14H2,1-2H3,(H2,28,33). The SMILES string of the molecule is COC(=O)N1CCOC(Cc2c(-c3c(F)cc(NCCCC(N)=O)cc3F)nc3cc(C)ccn23)C1. The number of aryl methyl sites for hydroxylation is 1. The summed E-state index contributed by atoms with van der Waals surface area (Å²) in [6.45, 7) is 3.26. The third kappa shape index (κ3) is 5.56. The number of imidazole rings is 1. The second kappa shape index (κ2) is 10.9. The summed E-state index contributed by atoms with van der Waals surface area (Å²) in [5, 5.41) is 2.91. The van der Waals surface area contributed by atoms with Crippen LogP contribution in [0.5, 0.6) is 0 Å². The Morgan fingerprint density at radius 2 is 2.03 bits per heavy atom. The quantitative estimate of drug-likeness (QED) is 0.459. The van der Waals surface area contributed by atoms with Crippen LogP contribution in [-0.4, -0.2) is 65.7 Å². The Morgan fingerprint density at radius 3 is 2.72 bits per heavy atom. The number of carbonyl (C=O) groups excluding carboxylic acids is 2. The molecule has 0 saturated carbocycles. The van der Waals surface area contributed by atoms with Gasteiger partial charge in [0.2, 0.25) is 5.91 Å². The molecule has 4 rings (SSSR count). The first-order valence-electron chi connectivity index (χ1n) is 11.7. The van der Waals surface area contributed by atoms with Crippen LogP contribution in [0.1, 0.15) is 24.1 Å². The fourth-order valence-corrected chi connectivity index (χ4v) is 4.34. The number of carbonyl (C=O) groups is 2. The first kappa shape index (κ1) is 25.4. The first-order chi connectivity index (χ1) is 17.3. The molecule has 1 atom stereocenters. The van der Waals surface area contributed by atoms with Gasteiger partial charge in [0.05, 0.1) is 43.3 Å². The predicted molar refractivity (Wildman–Crippen MR) is 130 cm³/mol. The highest BCUT2D eigenvalue weighted by Gasteiger charge is 2.29. The van der Waals surface area contributed by atoms with Crippen molar-refractivity contribution in [2.24, 2.45) is 5.73 Å². The Balaban J connectivity index is 1.67. The zero-order chi connectivity index (χ0) is 25.8. The average molecular weight is 502 g/mol. The van der Waals surface area contributed by atoms with Crippen LogP contribution in [-0.2, 0) is 20.7 Å². The number of amides is 2. The average Bonchev–Trinajstić information content (AvgIpc) is 3.17. The van der Waals surface area contributed by atoms with E-state index in [4.69, 9.17) is 15.2 Å². The summed E-state index contributed by atoms with van der Waals surface area (Å²) in [7, 11) is 1.32. The number of nitrogens with zero attached hydrogens (tertiary/aromatic N) is 3. The molecule has 2 aromatic heterocycles. The molecule has 3 N–H and O–H groups in total. The van der Waals surface area contributed by atoms with E-state index < -0.39 is 29.7 Å². The molecule has 11 heteroatoms. The Labute approximate surface area is 207 Å². The van der Waals surface area contributed by atoms with Gasteiger partial charge in [-0.05, 0) is 43.2 Å². The number of aromatic nitrogens is 2. The predicted octanol–water partition coefficient (Wildman–Crippen LogP) is 3.28. The van der Waals surface area contributed by atoms with Crippen LogP contribution < -0.4 is 11.1 Å². The van der Waals surface area contributed by atoms with E-state index in [0.717, 1.165) is 5.56 Å². The molecule has 2 amide bonds. The molecule has 1 aliphatic heterocycles. The topological polar surface area (TPSA) is 111 Å². The first-order valence-corrected chi connectivity index (χ1v) is 11.7. The molecule has 0 spiro atoms. The summed E-state index contributed by atoms with van der Waals surface area (Å²) in [5.41, 5.74) is 7.39. The highest BCUT2D eigenvalue weighted by molar-refractivity contribution is 5.74. The molecule has 9 nitrogen and oxygen atoms in total. The van der Waals surface area contributed by atoms with Gasteiger partial charge in [0.15, 0.2) is 0 Å². The van der Waals surface area contributed by atoms with Gasteiger partial charge in [-0.1, -0.05) is 0 Å². The highest BCUT2D eigenvalue weighted by atomic mass is 19.1. The second-order valence-corrected chi connectivity index (χ2v) is 8.76. The number of methoxy groups -OCH3 is 1. The number of rotatable bonds is 8. The van der Waals surface area contributed by atoms with E-state index in [-0.39, 0.29) is 36.3 Å². The van der Waals surface area contributed by atoms with Crippen molar-refractivity contribution >= 4 is 23.3 Å². The minimum absolute atomic E-state index is 0.176. The van der Waals surface area contributed by atoms with E-state index in [1.807, 2.05) is 25.3 Å². The molecule has 1 fully saturated rings. The summed E-state index contributed by atoms with van der Waals surface area (Å²) >= 11 is 0. The molecule has 0 bridgehead atoms. The highest BCUT2D eigenvalue weighted by Crippen LogP contribution is 2.33. The fraction of sp³-hybridized carbons (Fsp3) is 0.400. The molecule has 3 aromatic rings. The number of primary amides is 1. The lowest BCUT2D eigenvalue weighted by atomic mass is 10.0. The normalized spacial score (nSPS) is 15.8. The Kier molecular flexibility index (Phi) is 7.68. The third-order valence-corrected chi connectivity index (χ3v) is 6.08. The van der Waals surface area contributed by atoms with Crippen LogP contribution in [0.3, 0.4) is 0 Å². The van der Waals surface area contributed by atoms with E-state index in [1.54, 1.807) is 9.30 Å². The van der Waals surface area contributed by atoms with E-state index in [1.165, 1.54) is 19.2 Å². The maximum atomic E-state index is 15.3. The number of fused-ring (bicyclic) bond motifs is 1. The van der Waals surface area contributed by atoms with Crippen molar-refractivity contribution in [1.29, 1.82) is 0 Å². The van der Waals surface area contributed by atoms with E-state index >= 15 is 8.78 Å². The van der Waals surface area contributed by atoms with Crippen molar-refractivity contribution in [2.75, 3.05) is 38.7 Å². The number of morpholine rings is 1. The molecule has 1 aromatic carbocycles. The zero-order valence-electron chi connectivity index (χ0n) is 20.2. The smallest absolute Gasteiger partial charge is 0.409 e. The number of anilines is 1. The summed E-state index contributed by atoms with van der Waals surface area (Å²) in [5.74, 6) is -1.97. The van der Waals surface area contributed by atoms with E-state index in [0.29, 0.717) is 37.5 Å². The van der Waals surface area contributed by atoms with Gasteiger partial charge < -0.3 is 29.8 Å². The maximum Gasteiger partial charge on any atom is 0.409 e. The van der Waals surface area contributed by atoms with Gasteiger partial charge in [0.25, 0.3) is 0 Å². The van der Waals surface area contributed by atoms with Crippen molar-refractivity contribution in [3.8, 4) is 11.3 Å². The Morgan fingerprint density at radius 1 is 1.28 bits per heavy atom. The lowest BCUT2D eigenvalue weighted by molar-refractivity contribution is -0.118. The van der Waals surface area contributed by atoms with Gasteiger partial charge in [-0.25, -0.2) is 18.6 Å². The van der Waals surface area contributed by atoms with Crippen LogP contribution >= 0.6 is 0 Å². The number of halogens is 2. The molecular formula is C25H29F2N5O4. The summed E-state index contributed by atoms with van der Waals surface area (Å²) in [6.07, 6.45) is 1.85. The van der Waals surface area contributed by atoms with Gasteiger partial charge in [-0.2, -0.15) is 0 Å². The number of hydrogen-bond acceptors (Lipinski definition) is 6. The summed E-state index contributed by atoms with van der Waals surface area (Å²) < 4.78 is 43.1. The monoisotopic (exact) mass is 501 g/mol. The molecule has 3 heterocycles. The Hall–Kier alpha value is -3.73. The fourth-order valence-electron chi connectivity index (χ4n) is 4.34. The summed E-state index contributed by atoms with van der Waals surface area (Å²) in [4.78, 5) is 29.0. The number of hydrogen-bond donors (Lipinski definition) is 2.